The summed E-state index contributed by atoms with van der Waals surface area (Å²) >= 11 is 0. The van der Waals surface area contributed by atoms with Gasteiger partial charge in [0.25, 0.3) is 11.8 Å². The molecule has 1 aromatic heterocycles. The fourth-order valence-electron chi connectivity index (χ4n) is 2.99. The third-order valence-electron chi connectivity index (χ3n) is 4.53. The molecular weight excluding hydrogens is 416 g/mol. The Morgan fingerprint density at radius 1 is 0.906 bits per heavy atom. The lowest BCUT2D eigenvalue weighted by Crippen LogP contribution is -2.37. The number of fused-ring (bicyclic) bond motifs is 1. The highest BCUT2D eigenvalue weighted by atomic mass is 16.2. The molecule has 3 aliphatic rings. The van der Waals surface area contributed by atoms with E-state index in [-0.39, 0.29) is 41.3 Å². The maximum absolute atomic E-state index is 11.2. The van der Waals surface area contributed by atoms with Crippen LogP contribution in [0.2, 0.25) is 0 Å². The average Bonchev–Trinajstić information content (AvgIpc) is 2.71. The maximum Gasteiger partial charge on any atom is 0.256 e. The second-order valence-electron chi connectivity index (χ2n) is 7.53. The second-order valence-corrected chi connectivity index (χ2v) is 7.53. The number of carbonyl (C=O) groups excluding carboxylic acids is 5. The Morgan fingerprint density at radius 3 is 2.16 bits per heavy atom. The van der Waals surface area contributed by atoms with Crippen LogP contribution in [0.4, 0.5) is 0 Å². The van der Waals surface area contributed by atoms with Crippen molar-refractivity contribution < 1.29 is 24.0 Å². The van der Waals surface area contributed by atoms with Gasteiger partial charge in [-0.25, -0.2) is 9.97 Å². The monoisotopic (exact) mass is 444 g/mol. The Morgan fingerprint density at radius 2 is 1.56 bits per heavy atom. The number of nitrogens with one attached hydrogen (secondary N) is 3. The van der Waals surface area contributed by atoms with E-state index in [0.29, 0.717) is 38.0 Å². The Labute approximate surface area is 186 Å². The van der Waals surface area contributed by atoms with E-state index >= 15 is 0 Å². The van der Waals surface area contributed by atoms with Crippen molar-refractivity contribution in [3.8, 4) is 0 Å². The molecule has 0 saturated carbocycles. The van der Waals surface area contributed by atoms with Crippen molar-refractivity contribution in [2.45, 2.75) is 32.6 Å². The van der Waals surface area contributed by atoms with Gasteiger partial charge in [0.15, 0.2) is 5.78 Å². The van der Waals surface area contributed by atoms with Crippen LogP contribution in [0.3, 0.4) is 0 Å². The van der Waals surface area contributed by atoms with Crippen LogP contribution in [0.5, 0.6) is 0 Å². The Hall–Kier alpha value is -3.63. The van der Waals surface area contributed by atoms with E-state index in [0.717, 1.165) is 17.9 Å². The molecule has 1 aromatic rings. The van der Waals surface area contributed by atoms with Crippen molar-refractivity contribution in [1.29, 1.82) is 0 Å². The molecule has 0 unspecified atom stereocenters. The van der Waals surface area contributed by atoms with Crippen LogP contribution < -0.4 is 16.0 Å². The molecule has 11 nitrogen and oxygen atoms in total. The molecule has 172 valence electrons. The second kappa shape index (κ2) is 11.7. The number of carbonyl (C=O) groups is 5. The zero-order valence-corrected chi connectivity index (χ0v) is 18.5. The van der Waals surface area contributed by atoms with Crippen molar-refractivity contribution >= 4 is 29.3 Å². The first-order valence-electron chi connectivity index (χ1n) is 10.3. The van der Waals surface area contributed by atoms with Gasteiger partial charge in [-0.05, 0) is 6.92 Å². The van der Waals surface area contributed by atoms with Crippen molar-refractivity contribution in [1.82, 2.24) is 30.8 Å². The summed E-state index contributed by atoms with van der Waals surface area (Å²) in [7, 11) is 3.56. The van der Waals surface area contributed by atoms with E-state index in [4.69, 9.17) is 0 Å². The molecule has 0 aromatic carbocycles. The number of rotatable bonds is 1. The van der Waals surface area contributed by atoms with Gasteiger partial charge in [-0.2, -0.15) is 0 Å². The number of Topliss-reactive ketones (excluding diaryl/α,β-unsaturated/α-hetero) is 2. The van der Waals surface area contributed by atoms with Gasteiger partial charge < -0.3 is 20.9 Å². The van der Waals surface area contributed by atoms with E-state index in [2.05, 4.69) is 25.9 Å². The van der Waals surface area contributed by atoms with E-state index in [9.17, 15) is 24.0 Å². The fourth-order valence-corrected chi connectivity index (χ4v) is 2.99. The summed E-state index contributed by atoms with van der Waals surface area (Å²) in [6.45, 7) is 3.50. The molecule has 3 aliphatic heterocycles. The molecule has 3 N–H and O–H groups in total. The normalized spacial score (nSPS) is 18.7. The van der Waals surface area contributed by atoms with Crippen LogP contribution in [-0.4, -0.2) is 77.9 Å². The molecule has 3 amide bonds. The van der Waals surface area contributed by atoms with Gasteiger partial charge in [0.1, 0.15) is 11.6 Å². The quantitative estimate of drug-likeness (QED) is 0.285. The van der Waals surface area contributed by atoms with Crippen LogP contribution in [-0.2, 0) is 25.6 Å². The highest BCUT2D eigenvalue weighted by molar-refractivity contribution is 6.20. The van der Waals surface area contributed by atoms with E-state index in [1.807, 2.05) is 6.92 Å². The molecule has 0 spiro atoms. The molecule has 11 heteroatoms. The highest BCUT2D eigenvalue weighted by Gasteiger charge is 2.22. The molecule has 0 atom stereocenters. The number of aromatic nitrogens is 2. The smallest absolute Gasteiger partial charge is 0.256 e. The third kappa shape index (κ3) is 7.56. The molecule has 0 radical (unpaired) electrons. The summed E-state index contributed by atoms with van der Waals surface area (Å²) in [6, 6.07) is 0. The van der Waals surface area contributed by atoms with Gasteiger partial charge in [0, 0.05) is 65.4 Å². The Bertz CT molecular complexity index is 909. The zero-order valence-electron chi connectivity index (χ0n) is 18.5. The van der Waals surface area contributed by atoms with Crippen LogP contribution in [0.1, 0.15) is 41.1 Å². The van der Waals surface area contributed by atoms with Gasteiger partial charge in [0.2, 0.25) is 5.91 Å². The minimum Gasteiger partial charge on any atom is -0.383 e. The summed E-state index contributed by atoms with van der Waals surface area (Å²) in [5.74, 6) is 0.238. The first-order chi connectivity index (χ1) is 15.2. The van der Waals surface area contributed by atoms with Crippen LogP contribution in [0.15, 0.2) is 18.0 Å². The number of aryl methyl sites for hydroxylation is 1. The molecule has 4 heterocycles. The lowest BCUT2D eigenvalue weighted by atomic mass is 10.1. The summed E-state index contributed by atoms with van der Waals surface area (Å²) in [5, 5.41) is 7.90. The number of hydrogen-bond donors (Lipinski definition) is 3. The number of hydrogen-bond acceptors (Lipinski definition) is 8. The summed E-state index contributed by atoms with van der Waals surface area (Å²) in [5.41, 5.74) is 1.74. The molecular formula is C21H28N6O5. The highest BCUT2D eigenvalue weighted by Crippen LogP contribution is 2.09. The number of ketones is 2. The molecule has 2 fully saturated rings. The molecule has 0 aliphatic carbocycles. The predicted molar refractivity (Wildman–Crippen MR) is 114 cm³/mol. The van der Waals surface area contributed by atoms with Crippen LogP contribution >= 0.6 is 0 Å². The zero-order chi connectivity index (χ0) is 23.7. The Balaban J connectivity index is 0.000000174. The molecule has 2 saturated heterocycles. The summed E-state index contributed by atoms with van der Waals surface area (Å²) in [4.78, 5) is 64.1. The van der Waals surface area contributed by atoms with Crippen molar-refractivity contribution in [2.24, 2.45) is 0 Å². The molecule has 0 bridgehead atoms. The van der Waals surface area contributed by atoms with Crippen molar-refractivity contribution in [3.05, 3.63) is 35.1 Å². The summed E-state index contributed by atoms with van der Waals surface area (Å²) < 4.78 is 0. The Kier molecular flexibility index (Phi) is 8.99. The lowest BCUT2D eigenvalue weighted by Gasteiger charge is -2.15. The third-order valence-corrected chi connectivity index (χ3v) is 4.53. The van der Waals surface area contributed by atoms with Gasteiger partial charge in [-0.15, -0.1) is 0 Å². The maximum atomic E-state index is 11.2. The SMILES string of the molecule is CN(C)/C=C1\C(=O)CCNC1=O.Cc1ncc2c(n1)CCNC2=O.O=C1CCNC(=O)C1. The van der Waals surface area contributed by atoms with E-state index in [1.54, 1.807) is 31.4 Å². The minimum atomic E-state index is -0.264. The average molecular weight is 444 g/mol. The number of amides is 3. The molecule has 4 rings (SSSR count). The van der Waals surface area contributed by atoms with E-state index < -0.39 is 0 Å². The fraction of sp³-hybridized carbons (Fsp3) is 0.476. The van der Waals surface area contributed by atoms with Crippen molar-refractivity contribution in [3.63, 3.8) is 0 Å². The largest absolute Gasteiger partial charge is 0.383 e. The first-order valence-corrected chi connectivity index (χ1v) is 10.3. The molecule has 32 heavy (non-hydrogen) atoms. The van der Waals surface area contributed by atoms with Crippen LogP contribution in [0.25, 0.3) is 0 Å². The summed E-state index contributed by atoms with van der Waals surface area (Å²) in [6.07, 6.45) is 4.95. The van der Waals surface area contributed by atoms with Gasteiger partial charge in [-0.1, -0.05) is 0 Å². The van der Waals surface area contributed by atoms with E-state index in [1.165, 1.54) is 0 Å². The minimum absolute atomic E-state index is 0.0498. The van der Waals surface area contributed by atoms with Gasteiger partial charge in [-0.3, -0.25) is 24.0 Å². The van der Waals surface area contributed by atoms with Gasteiger partial charge in [0.05, 0.1) is 23.3 Å². The van der Waals surface area contributed by atoms with Crippen molar-refractivity contribution in [2.75, 3.05) is 33.7 Å². The number of nitrogens with zero attached hydrogens (tertiary/aromatic N) is 3. The van der Waals surface area contributed by atoms with Gasteiger partial charge >= 0.3 is 0 Å². The van der Waals surface area contributed by atoms with Crippen LogP contribution in [0, 0.1) is 6.92 Å². The first kappa shape index (κ1) is 24.6. The lowest BCUT2D eigenvalue weighted by molar-refractivity contribution is -0.131. The number of piperidine rings is 2. The standard InChI is InChI=1S/C8H9N3O.C8H12N2O2.C5H7NO2/c1-5-10-4-6-7(11-5)2-3-9-8(6)12;1-10(2)5-6-7(11)3-4-9-8(6)12;7-4-1-2-6-5(8)3-4/h4H,2-3H2,1H3,(H,9,12);5H,3-4H2,1-2H3,(H,9,12);1-3H2,(H,6,8)/b;6-5+;. The predicted octanol–water partition coefficient (Wildman–Crippen LogP) is -0.943. The topological polar surface area (TPSA) is 150 Å².